The van der Waals surface area contributed by atoms with Crippen LogP contribution in [0.25, 0.3) is 0 Å². The Hall–Kier alpha value is -0.300. The summed E-state index contributed by atoms with van der Waals surface area (Å²) in [5.41, 5.74) is 0. The van der Waals surface area contributed by atoms with Crippen LogP contribution in [0.1, 0.15) is 26.7 Å². The van der Waals surface area contributed by atoms with E-state index in [9.17, 15) is 0 Å². The van der Waals surface area contributed by atoms with Crippen LogP contribution in [0.4, 0.5) is 0 Å². The maximum atomic E-state index is 3.79. The normalized spacial score (nSPS) is 11.5. The van der Waals surface area contributed by atoms with E-state index in [1.807, 2.05) is 6.08 Å². The zero-order chi connectivity index (χ0) is 8.74. The second kappa shape index (κ2) is 5.36. The summed E-state index contributed by atoms with van der Waals surface area (Å²) in [7, 11) is 2.31. The van der Waals surface area contributed by atoms with Gasteiger partial charge in [-0.3, -0.25) is 0 Å². The summed E-state index contributed by atoms with van der Waals surface area (Å²) < 4.78 is 1.16. The van der Waals surface area contributed by atoms with Crippen molar-refractivity contribution in [3.05, 3.63) is 12.7 Å². The highest BCUT2D eigenvalue weighted by atomic mass is 15.3. The smallest absolute Gasteiger partial charge is 0.0969 e. The van der Waals surface area contributed by atoms with Crippen molar-refractivity contribution in [1.29, 1.82) is 0 Å². The number of hydrogen-bond donors (Lipinski definition) is 0. The molecule has 0 aromatic rings. The number of likely N-dealkylation sites (N-methyl/N-ethyl adjacent to an activating group) is 1. The Morgan fingerprint density at radius 1 is 1.18 bits per heavy atom. The average Bonchev–Trinajstić information content (AvgIpc) is 1.88. The van der Waals surface area contributed by atoms with Crippen LogP contribution < -0.4 is 0 Å². The molecular formula is C10H22N+. The van der Waals surface area contributed by atoms with E-state index in [4.69, 9.17) is 0 Å². The van der Waals surface area contributed by atoms with Crippen LogP contribution in [0.3, 0.4) is 0 Å². The number of hydrogen-bond acceptors (Lipinski definition) is 0. The molecule has 0 aromatic heterocycles. The van der Waals surface area contributed by atoms with Gasteiger partial charge < -0.3 is 4.48 Å². The third-order valence-electron chi connectivity index (χ3n) is 2.10. The zero-order valence-corrected chi connectivity index (χ0v) is 8.27. The summed E-state index contributed by atoms with van der Waals surface area (Å²) in [6.07, 6.45) is 4.57. The second-order valence-electron chi connectivity index (χ2n) is 3.54. The lowest BCUT2D eigenvalue weighted by Crippen LogP contribution is -2.45. The maximum Gasteiger partial charge on any atom is 0.0969 e. The molecule has 1 heteroatoms. The van der Waals surface area contributed by atoms with Crippen molar-refractivity contribution in [2.75, 3.05) is 26.7 Å². The predicted octanol–water partition coefficient (Wildman–Crippen LogP) is 2.44. The molecule has 66 valence electrons. The van der Waals surface area contributed by atoms with Crippen LogP contribution in [-0.4, -0.2) is 31.2 Å². The molecule has 0 aromatic carbocycles. The lowest BCUT2D eigenvalue weighted by atomic mass is 10.3. The first-order valence-electron chi connectivity index (χ1n) is 4.63. The standard InChI is InChI=1S/C10H22N/c1-5-8-11(4,9-6-2)10-7-3/h5H,1,6-10H2,2-4H3/q+1. The van der Waals surface area contributed by atoms with Crippen LogP contribution in [0.2, 0.25) is 0 Å². The minimum Gasteiger partial charge on any atom is -0.323 e. The highest BCUT2D eigenvalue weighted by Gasteiger charge is 2.16. The molecule has 0 atom stereocenters. The van der Waals surface area contributed by atoms with Gasteiger partial charge >= 0.3 is 0 Å². The van der Waals surface area contributed by atoms with Crippen molar-refractivity contribution in [2.24, 2.45) is 0 Å². The second-order valence-corrected chi connectivity index (χ2v) is 3.54. The first-order valence-corrected chi connectivity index (χ1v) is 4.63. The highest BCUT2D eigenvalue weighted by Crippen LogP contribution is 2.05. The third-order valence-corrected chi connectivity index (χ3v) is 2.10. The van der Waals surface area contributed by atoms with Crippen molar-refractivity contribution < 1.29 is 4.48 Å². The fourth-order valence-corrected chi connectivity index (χ4v) is 1.69. The van der Waals surface area contributed by atoms with Gasteiger partial charge in [-0.15, -0.1) is 0 Å². The molecule has 0 unspecified atom stereocenters. The molecule has 0 aliphatic carbocycles. The summed E-state index contributed by atoms with van der Waals surface area (Å²) >= 11 is 0. The number of rotatable bonds is 6. The van der Waals surface area contributed by atoms with Crippen LogP contribution in [-0.2, 0) is 0 Å². The molecule has 0 aliphatic heterocycles. The van der Waals surface area contributed by atoms with Crippen molar-refractivity contribution in [1.82, 2.24) is 0 Å². The van der Waals surface area contributed by atoms with Gasteiger partial charge in [-0.1, -0.05) is 20.4 Å². The van der Waals surface area contributed by atoms with Crippen molar-refractivity contribution in [3.63, 3.8) is 0 Å². The van der Waals surface area contributed by atoms with Crippen LogP contribution in [0.5, 0.6) is 0 Å². The quantitative estimate of drug-likeness (QED) is 0.409. The minimum atomic E-state index is 1.11. The summed E-state index contributed by atoms with van der Waals surface area (Å²) in [4.78, 5) is 0. The topological polar surface area (TPSA) is 0 Å². The Morgan fingerprint density at radius 2 is 1.64 bits per heavy atom. The lowest BCUT2D eigenvalue weighted by Gasteiger charge is -2.32. The Kier molecular flexibility index (Phi) is 5.22. The molecule has 0 bridgehead atoms. The van der Waals surface area contributed by atoms with Crippen molar-refractivity contribution in [2.45, 2.75) is 26.7 Å². The summed E-state index contributed by atoms with van der Waals surface area (Å²) in [5, 5.41) is 0. The van der Waals surface area contributed by atoms with Crippen molar-refractivity contribution in [3.8, 4) is 0 Å². The van der Waals surface area contributed by atoms with Gasteiger partial charge in [0.1, 0.15) is 0 Å². The van der Waals surface area contributed by atoms with Gasteiger partial charge in [0, 0.05) is 0 Å². The first-order chi connectivity index (χ1) is 5.18. The van der Waals surface area contributed by atoms with E-state index in [1.54, 1.807) is 0 Å². The van der Waals surface area contributed by atoms with E-state index in [0.29, 0.717) is 0 Å². The molecule has 1 nitrogen and oxygen atoms in total. The highest BCUT2D eigenvalue weighted by molar-refractivity contribution is 4.65. The number of nitrogens with zero attached hydrogens (tertiary/aromatic N) is 1. The molecule has 0 N–H and O–H groups in total. The van der Waals surface area contributed by atoms with E-state index in [0.717, 1.165) is 11.0 Å². The fraction of sp³-hybridized carbons (Fsp3) is 0.800. The summed E-state index contributed by atoms with van der Waals surface area (Å²) in [6.45, 7) is 12.0. The molecule has 0 aliphatic rings. The Bertz CT molecular complexity index is 101. The molecule has 0 saturated carbocycles. The molecule has 0 radical (unpaired) electrons. The van der Waals surface area contributed by atoms with Gasteiger partial charge in [0.15, 0.2) is 0 Å². The maximum absolute atomic E-state index is 3.79. The van der Waals surface area contributed by atoms with E-state index in [2.05, 4.69) is 27.5 Å². The van der Waals surface area contributed by atoms with Gasteiger partial charge in [-0.2, -0.15) is 0 Å². The molecule has 0 saturated heterocycles. The molecule has 0 amide bonds. The molecule has 0 heterocycles. The lowest BCUT2D eigenvalue weighted by molar-refractivity contribution is -0.904. The third kappa shape index (κ3) is 4.20. The predicted molar refractivity (Wildman–Crippen MR) is 51.6 cm³/mol. The van der Waals surface area contributed by atoms with E-state index >= 15 is 0 Å². The Balaban J connectivity index is 3.88. The fourth-order valence-electron chi connectivity index (χ4n) is 1.69. The van der Waals surface area contributed by atoms with E-state index < -0.39 is 0 Å². The minimum absolute atomic E-state index is 1.11. The Morgan fingerprint density at radius 3 is 1.91 bits per heavy atom. The first kappa shape index (κ1) is 10.7. The van der Waals surface area contributed by atoms with E-state index in [-0.39, 0.29) is 0 Å². The average molecular weight is 156 g/mol. The summed E-state index contributed by atoms with van der Waals surface area (Å²) in [6, 6.07) is 0. The molecule has 0 fully saturated rings. The van der Waals surface area contributed by atoms with Crippen LogP contribution in [0.15, 0.2) is 12.7 Å². The van der Waals surface area contributed by atoms with Crippen LogP contribution in [0, 0.1) is 0 Å². The zero-order valence-electron chi connectivity index (χ0n) is 8.27. The monoisotopic (exact) mass is 156 g/mol. The SMILES string of the molecule is C=CC[N+](C)(CCC)CCC. The van der Waals surface area contributed by atoms with Gasteiger partial charge in [0.05, 0.1) is 26.7 Å². The number of quaternary nitrogens is 1. The van der Waals surface area contributed by atoms with Gasteiger partial charge in [-0.25, -0.2) is 0 Å². The van der Waals surface area contributed by atoms with Crippen molar-refractivity contribution >= 4 is 0 Å². The molecule has 0 rings (SSSR count). The Labute approximate surface area is 71.3 Å². The van der Waals surface area contributed by atoms with Gasteiger partial charge in [-0.05, 0) is 18.9 Å². The molecular weight excluding hydrogens is 134 g/mol. The largest absolute Gasteiger partial charge is 0.323 e. The van der Waals surface area contributed by atoms with Gasteiger partial charge in [0.25, 0.3) is 0 Å². The molecule has 0 spiro atoms. The van der Waals surface area contributed by atoms with Gasteiger partial charge in [0.2, 0.25) is 0 Å². The van der Waals surface area contributed by atoms with E-state index in [1.165, 1.54) is 25.9 Å². The summed E-state index contributed by atoms with van der Waals surface area (Å²) in [5.74, 6) is 0. The molecule has 11 heavy (non-hydrogen) atoms. The van der Waals surface area contributed by atoms with Crippen LogP contribution >= 0.6 is 0 Å².